The Morgan fingerprint density at radius 1 is 0.581 bits per heavy atom. The Morgan fingerprint density at radius 3 is 1.94 bits per heavy atom. The Balaban J connectivity index is 1.65. The van der Waals surface area contributed by atoms with Crippen molar-refractivity contribution in [3.8, 4) is 0 Å². The lowest BCUT2D eigenvalue weighted by Crippen LogP contribution is -2.63. The van der Waals surface area contributed by atoms with Crippen molar-refractivity contribution in [2.75, 3.05) is 0 Å². The Morgan fingerprint density at radius 2 is 1.19 bits per heavy atom. The van der Waals surface area contributed by atoms with E-state index in [1.165, 1.54) is 48.3 Å². The van der Waals surface area contributed by atoms with Crippen LogP contribution < -0.4 is 5.19 Å². The van der Waals surface area contributed by atoms with Crippen LogP contribution in [0.15, 0.2) is 78.9 Å². The van der Waals surface area contributed by atoms with Crippen LogP contribution >= 0.6 is 0 Å². The standard InChI is InChI=1S/C25H22O3Si3/c1-30(2)26-29-27-31(3,28-30)25-10-6-9-19-14-21-12-11-20-13-17-7-4-5-8-18(17)15-22(20)23(21)16-24(19)25/h4-16H,1-3H3. The summed E-state index contributed by atoms with van der Waals surface area (Å²) in [6, 6.07) is 28.8. The van der Waals surface area contributed by atoms with Crippen LogP contribution in [0.5, 0.6) is 0 Å². The van der Waals surface area contributed by atoms with E-state index in [1.807, 2.05) is 0 Å². The van der Waals surface area contributed by atoms with E-state index in [2.05, 4.69) is 98.5 Å². The predicted octanol–water partition coefficient (Wildman–Crippen LogP) is 5.88. The van der Waals surface area contributed by atoms with Crippen LogP contribution in [0.2, 0.25) is 19.6 Å². The van der Waals surface area contributed by atoms with E-state index in [1.54, 1.807) is 0 Å². The van der Waals surface area contributed by atoms with Crippen molar-refractivity contribution in [1.29, 1.82) is 0 Å². The van der Waals surface area contributed by atoms with Gasteiger partial charge in [-0.25, -0.2) is 0 Å². The minimum absolute atomic E-state index is 0.0543. The van der Waals surface area contributed by atoms with Gasteiger partial charge in [0.05, 0.1) is 0 Å². The van der Waals surface area contributed by atoms with Gasteiger partial charge in [-0.3, -0.25) is 0 Å². The van der Waals surface area contributed by atoms with E-state index in [9.17, 15) is 0 Å². The van der Waals surface area contributed by atoms with Crippen LogP contribution in [0.4, 0.5) is 0 Å². The second-order valence-electron chi connectivity index (χ2n) is 8.82. The van der Waals surface area contributed by atoms with Crippen molar-refractivity contribution in [3.05, 3.63) is 78.9 Å². The highest BCUT2D eigenvalue weighted by Gasteiger charge is 2.47. The smallest absolute Gasteiger partial charge is 0.413 e. The molecule has 0 aliphatic carbocycles. The lowest BCUT2D eigenvalue weighted by Gasteiger charge is -2.40. The van der Waals surface area contributed by atoms with E-state index in [4.69, 9.17) is 12.3 Å². The maximum atomic E-state index is 6.55. The quantitative estimate of drug-likeness (QED) is 0.180. The molecule has 1 atom stereocenters. The van der Waals surface area contributed by atoms with Gasteiger partial charge in [0.1, 0.15) is 0 Å². The van der Waals surface area contributed by atoms with Crippen molar-refractivity contribution in [2.24, 2.45) is 0 Å². The van der Waals surface area contributed by atoms with Gasteiger partial charge in [-0.05, 0) is 87.0 Å². The zero-order valence-electron chi connectivity index (χ0n) is 17.7. The number of fused-ring (bicyclic) bond motifs is 5. The van der Waals surface area contributed by atoms with Gasteiger partial charge in [-0.15, -0.1) is 0 Å². The Labute approximate surface area is 186 Å². The third kappa shape index (κ3) is 3.18. The van der Waals surface area contributed by atoms with E-state index in [-0.39, 0.29) is 10.0 Å². The van der Waals surface area contributed by atoms with Crippen molar-refractivity contribution in [3.63, 3.8) is 0 Å². The Kier molecular flexibility index (Phi) is 4.27. The molecule has 2 radical (unpaired) electrons. The summed E-state index contributed by atoms with van der Waals surface area (Å²) < 4.78 is 18.6. The first-order valence-electron chi connectivity index (χ1n) is 10.5. The Hall–Kier alpha value is -2.33. The fourth-order valence-electron chi connectivity index (χ4n) is 4.74. The second-order valence-corrected chi connectivity index (χ2v) is 16.7. The van der Waals surface area contributed by atoms with Crippen LogP contribution in [0.25, 0.3) is 43.1 Å². The number of hydrogen-bond donors (Lipinski definition) is 0. The van der Waals surface area contributed by atoms with Gasteiger partial charge >= 0.3 is 27.1 Å². The van der Waals surface area contributed by atoms with E-state index in [0.29, 0.717) is 0 Å². The molecule has 0 bridgehead atoms. The van der Waals surface area contributed by atoms with Gasteiger partial charge in [-0.2, -0.15) is 0 Å². The van der Waals surface area contributed by atoms with E-state index >= 15 is 0 Å². The third-order valence-corrected chi connectivity index (χ3v) is 15.3. The molecule has 1 fully saturated rings. The molecular formula is C25H22O3Si3. The molecule has 1 unspecified atom stereocenters. The molecule has 3 nitrogen and oxygen atoms in total. The molecule has 0 N–H and O–H groups in total. The van der Waals surface area contributed by atoms with Gasteiger partial charge in [0, 0.05) is 5.19 Å². The fourth-order valence-corrected chi connectivity index (χ4v) is 13.5. The number of benzene rings is 5. The molecule has 1 aliphatic heterocycles. The minimum Gasteiger partial charge on any atom is -0.414 e. The number of hydrogen-bond acceptors (Lipinski definition) is 3. The summed E-state index contributed by atoms with van der Waals surface area (Å²) in [6.07, 6.45) is 0. The van der Waals surface area contributed by atoms with Gasteiger partial charge in [-0.1, -0.05) is 54.6 Å². The lowest BCUT2D eigenvalue weighted by molar-refractivity contribution is 0.276. The maximum Gasteiger partial charge on any atom is 0.413 e. The summed E-state index contributed by atoms with van der Waals surface area (Å²) in [5.41, 5.74) is 0. The summed E-state index contributed by atoms with van der Waals surface area (Å²) in [4.78, 5) is 0. The minimum atomic E-state index is -2.56. The van der Waals surface area contributed by atoms with Gasteiger partial charge in [0.15, 0.2) is 0 Å². The van der Waals surface area contributed by atoms with Crippen LogP contribution in [0.3, 0.4) is 0 Å². The van der Waals surface area contributed by atoms with Crippen molar-refractivity contribution >= 4 is 75.4 Å². The molecule has 31 heavy (non-hydrogen) atoms. The molecule has 0 aromatic heterocycles. The second kappa shape index (κ2) is 6.83. The monoisotopic (exact) mass is 454 g/mol. The zero-order valence-corrected chi connectivity index (χ0v) is 20.7. The lowest BCUT2D eigenvalue weighted by atomic mass is 9.96. The van der Waals surface area contributed by atoms with Gasteiger partial charge in [0.25, 0.3) is 0 Å². The molecule has 1 heterocycles. The van der Waals surface area contributed by atoms with E-state index < -0.39 is 17.1 Å². The zero-order chi connectivity index (χ0) is 21.2. The third-order valence-electron chi connectivity index (χ3n) is 6.15. The molecule has 1 saturated heterocycles. The highest BCUT2D eigenvalue weighted by molar-refractivity contribution is 6.93. The molecule has 152 valence electrons. The fraction of sp³-hybridized carbons (Fsp3) is 0.120. The molecule has 0 saturated carbocycles. The highest BCUT2D eigenvalue weighted by atomic mass is 28.5. The maximum absolute atomic E-state index is 6.55. The van der Waals surface area contributed by atoms with Crippen molar-refractivity contribution in [2.45, 2.75) is 19.6 Å². The average molecular weight is 455 g/mol. The molecule has 5 aromatic carbocycles. The van der Waals surface area contributed by atoms with Crippen LogP contribution in [-0.4, -0.2) is 27.1 Å². The van der Waals surface area contributed by atoms with Crippen molar-refractivity contribution in [1.82, 2.24) is 0 Å². The first kappa shape index (κ1) is 19.4. The molecule has 6 rings (SSSR count). The molecule has 0 amide bonds. The molecule has 5 aromatic rings. The molecule has 6 heteroatoms. The SMILES string of the molecule is C[Si]1(C)O[Si]O[Si](C)(c2cccc3cc4ccc5cc6ccccc6cc5c4cc23)O1. The number of rotatable bonds is 1. The van der Waals surface area contributed by atoms with E-state index in [0.717, 1.165) is 0 Å². The summed E-state index contributed by atoms with van der Waals surface area (Å²) in [5, 5.41) is 11.2. The average Bonchev–Trinajstić information content (AvgIpc) is 2.75. The normalized spacial score (nSPS) is 21.3. The largest absolute Gasteiger partial charge is 0.414 e. The first-order chi connectivity index (χ1) is 14.9. The van der Waals surface area contributed by atoms with Crippen LogP contribution in [0, 0.1) is 0 Å². The highest BCUT2D eigenvalue weighted by Crippen LogP contribution is 2.33. The summed E-state index contributed by atoms with van der Waals surface area (Å²) >= 11 is 0. The van der Waals surface area contributed by atoms with Crippen LogP contribution in [-0.2, 0) is 12.3 Å². The Bertz CT molecular complexity index is 1500. The summed E-state index contributed by atoms with van der Waals surface area (Å²) in [7, 11) is -4.68. The molecule has 0 spiro atoms. The predicted molar refractivity (Wildman–Crippen MR) is 134 cm³/mol. The van der Waals surface area contributed by atoms with Gasteiger partial charge < -0.3 is 12.3 Å². The summed E-state index contributed by atoms with van der Waals surface area (Å²) in [6.45, 7) is 6.37. The molecular weight excluding hydrogens is 433 g/mol. The molecule has 1 aliphatic rings. The first-order valence-corrected chi connectivity index (χ1v) is 16.5. The summed E-state index contributed by atoms with van der Waals surface area (Å²) in [5.74, 6) is 0. The van der Waals surface area contributed by atoms with Crippen LogP contribution in [0.1, 0.15) is 0 Å². The van der Waals surface area contributed by atoms with Crippen molar-refractivity contribution < 1.29 is 12.3 Å². The topological polar surface area (TPSA) is 27.7 Å². The van der Waals surface area contributed by atoms with Gasteiger partial charge in [0.2, 0.25) is 0 Å².